The third-order valence-electron chi connectivity index (χ3n) is 5.68. The molecule has 2 aliphatic rings. The monoisotopic (exact) mass is 377 g/mol. The van der Waals surface area contributed by atoms with Crippen LogP contribution in [0.25, 0.3) is 0 Å². The fourth-order valence-corrected chi connectivity index (χ4v) is 4.19. The first kappa shape index (κ1) is 18.4. The predicted octanol–water partition coefficient (Wildman–Crippen LogP) is 4.02. The normalized spacial score (nSPS) is 22.7. The molecule has 1 saturated heterocycles. The molecule has 4 rings (SSSR count). The van der Waals surface area contributed by atoms with Crippen molar-refractivity contribution in [2.45, 2.75) is 38.7 Å². The van der Waals surface area contributed by atoms with Gasteiger partial charge in [0.25, 0.3) is 0 Å². The Kier molecular flexibility index (Phi) is 4.99. The van der Waals surface area contributed by atoms with Crippen LogP contribution in [-0.4, -0.2) is 23.7 Å². The van der Waals surface area contributed by atoms with Crippen molar-refractivity contribution in [2.75, 3.05) is 4.90 Å². The number of fused-ring (bicyclic) bond motifs is 1. The summed E-state index contributed by atoms with van der Waals surface area (Å²) in [5.41, 5.74) is 1.17. The SMILES string of the molecule is C[C@H](Oc1ccc(N2C(=O)[C@H]3CCCC[C@@H]3C2=O)cc1)C(=O)c1ccccc1. The number of carbonyl (C=O) groups excluding carboxylic acids is 3. The molecule has 0 spiro atoms. The molecule has 1 saturated carbocycles. The van der Waals surface area contributed by atoms with Crippen LogP contribution >= 0.6 is 0 Å². The van der Waals surface area contributed by atoms with Gasteiger partial charge in [-0.25, -0.2) is 0 Å². The number of amides is 2. The lowest BCUT2D eigenvalue weighted by atomic mass is 9.81. The second-order valence-electron chi connectivity index (χ2n) is 7.49. The van der Waals surface area contributed by atoms with Gasteiger partial charge in [-0.15, -0.1) is 0 Å². The summed E-state index contributed by atoms with van der Waals surface area (Å²) in [5.74, 6) is -0.0796. The van der Waals surface area contributed by atoms with Crippen molar-refractivity contribution >= 4 is 23.3 Å². The van der Waals surface area contributed by atoms with Crippen molar-refractivity contribution < 1.29 is 19.1 Å². The molecule has 144 valence electrons. The highest BCUT2D eigenvalue weighted by molar-refractivity contribution is 6.22. The number of rotatable bonds is 5. The molecule has 0 bridgehead atoms. The van der Waals surface area contributed by atoms with E-state index in [2.05, 4.69) is 0 Å². The maximum atomic E-state index is 12.7. The highest BCUT2D eigenvalue weighted by Gasteiger charge is 2.48. The van der Waals surface area contributed by atoms with E-state index >= 15 is 0 Å². The number of imide groups is 1. The largest absolute Gasteiger partial charge is 0.483 e. The third-order valence-corrected chi connectivity index (χ3v) is 5.68. The van der Waals surface area contributed by atoms with Crippen LogP contribution in [-0.2, 0) is 9.59 Å². The minimum atomic E-state index is -0.633. The second kappa shape index (κ2) is 7.58. The first-order chi connectivity index (χ1) is 13.6. The second-order valence-corrected chi connectivity index (χ2v) is 7.49. The Bertz CT molecular complexity index is 867. The molecule has 0 N–H and O–H groups in total. The number of hydrogen-bond acceptors (Lipinski definition) is 4. The molecule has 2 aromatic carbocycles. The maximum absolute atomic E-state index is 12.7. The summed E-state index contributed by atoms with van der Waals surface area (Å²) in [7, 11) is 0. The van der Waals surface area contributed by atoms with Gasteiger partial charge in [-0.1, -0.05) is 43.2 Å². The highest BCUT2D eigenvalue weighted by Crippen LogP contribution is 2.40. The predicted molar refractivity (Wildman–Crippen MR) is 105 cm³/mol. The number of ether oxygens (including phenoxy) is 1. The number of Topliss-reactive ketones (excluding diaryl/α,β-unsaturated/α-hetero) is 1. The summed E-state index contributed by atoms with van der Waals surface area (Å²) in [6.45, 7) is 1.71. The van der Waals surface area contributed by atoms with Gasteiger partial charge in [0, 0.05) is 5.56 Å². The van der Waals surface area contributed by atoms with E-state index in [9.17, 15) is 14.4 Å². The fourth-order valence-electron chi connectivity index (χ4n) is 4.19. The van der Waals surface area contributed by atoms with Crippen molar-refractivity contribution in [1.82, 2.24) is 0 Å². The zero-order valence-corrected chi connectivity index (χ0v) is 15.8. The van der Waals surface area contributed by atoms with Crippen molar-refractivity contribution in [3.63, 3.8) is 0 Å². The lowest BCUT2D eigenvalue weighted by Gasteiger charge is -2.19. The van der Waals surface area contributed by atoms with Gasteiger partial charge in [-0.05, 0) is 44.0 Å². The van der Waals surface area contributed by atoms with E-state index in [1.165, 1.54) is 4.90 Å². The Morgan fingerprint density at radius 1 is 0.929 bits per heavy atom. The van der Waals surface area contributed by atoms with Crippen LogP contribution in [0.4, 0.5) is 5.69 Å². The molecule has 0 aromatic heterocycles. The number of hydrogen-bond donors (Lipinski definition) is 0. The zero-order chi connectivity index (χ0) is 19.7. The molecule has 28 heavy (non-hydrogen) atoms. The molecule has 1 aliphatic carbocycles. The van der Waals surface area contributed by atoms with Gasteiger partial charge in [-0.3, -0.25) is 19.3 Å². The Hall–Kier alpha value is -2.95. The Balaban J connectivity index is 1.46. The maximum Gasteiger partial charge on any atom is 0.237 e. The van der Waals surface area contributed by atoms with Crippen LogP contribution in [0.3, 0.4) is 0 Å². The number of nitrogens with zero attached hydrogens (tertiary/aromatic N) is 1. The Morgan fingerprint density at radius 2 is 1.50 bits per heavy atom. The van der Waals surface area contributed by atoms with Gasteiger partial charge < -0.3 is 4.74 Å². The molecule has 1 aliphatic heterocycles. The minimum Gasteiger partial charge on any atom is -0.483 e. The van der Waals surface area contributed by atoms with E-state index in [4.69, 9.17) is 4.74 Å². The van der Waals surface area contributed by atoms with E-state index in [-0.39, 0.29) is 29.4 Å². The van der Waals surface area contributed by atoms with Crippen LogP contribution in [0.1, 0.15) is 43.0 Å². The Morgan fingerprint density at radius 3 is 2.07 bits per heavy atom. The summed E-state index contributed by atoms with van der Waals surface area (Å²) in [6.07, 6.45) is 2.98. The minimum absolute atomic E-state index is 0.0870. The number of anilines is 1. The third kappa shape index (κ3) is 3.33. The number of carbonyl (C=O) groups is 3. The quantitative estimate of drug-likeness (QED) is 0.583. The van der Waals surface area contributed by atoms with Gasteiger partial charge in [0.1, 0.15) is 5.75 Å². The van der Waals surface area contributed by atoms with Gasteiger partial charge in [-0.2, -0.15) is 0 Å². The van der Waals surface area contributed by atoms with Crippen molar-refractivity contribution in [1.29, 1.82) is 0 Å². The van der Waals surface area contributed by atoms with E-state index in [0.717, 1.165) is 25.7 Å². The topological polar surface area (TPSA) is 63.7 Å². The summed E-state index contributed by atoms with van der Waals surface area (Å²) >= 11 is 0. The number of ketones is 1. The highest BCUT2D eigenvalue weighted by atomic mass is 16.5. The van der Waals surface area contributed by atoms with Crippen LogP contribution in [0.5, 0.6) is 5.75 Å². The van der Waals surface area contributed by atoms with Crippen molar-refractivity contribution in [3.8, 4) is 5.75 Å². The lowest BCUT2D eigenvalue weighted by Crippen LogP contribution is -2.30. The molecule has 2 fully saturated rings. The van der Waals surface area contributed by atoms with E-state index in [1.807, 2.05) is 18.2 Å². The van der Waals surface area contributed by atoms with Crippen LogP contribution < -0.4 is 9.64 Å². The summed E-state index contributed by atoms with van der Waals surface area (Å²) < 4.78 is 5.76. The molecule has 2 aromatic rings. The summed E-state index contributed by atoms with van der Waals surface area (Å²) in [6, 6.07) is 15.8. The average Bonchev–Trinajstić information content (AvgIpc) is 2.99. The summed E-state index contributed by atoms with van der Waals surface area (Å²) in [4.78, 5) is 39.1. The molecule has 3 atom stereocenters. The fraction of sp³-hybridized carbons (Fsp3) is 0.348. The van der Waals surface area contributed by atoms with E-state index in [0.29, 0.717) is 17.0 Å². The van der Waals surface area contributed by atoms with Crippen molar-refractivity contribution in [2.24, 2.45) is 11.8 Å². The molecule has 0 unspecified atom stereocenters. The van der Waals surface area contributed by atoms with Crippen molar-refractivity contribution in [3.05, 3.63) is 60.2 Å². The van der Waals surface area contributed by atoms with Gasteiger partial charge in [0.2, 0.25) is 17.6 Å². The van der Waals surface area contributed by atoms with Crippen LogP contribution in [0.2, 0.25) is 0 Å². The smallest absolute Gasteiger partial charge is 0.237 e. The van der Waals surface area contributed by atoms with Crippen LogP contribution in [0, 0.1) is 11.8 Å². The molecule has 1 heterocycles. The first-order valence-electron chi connectivity index (χ1n) is 9.80. The first-order valence-corrected chi connectivity index (χ1v) is 9.80. The standard InChI is InChI=1S/C23H23NO4/c1-15(21(25)16-7-3-2-4-8-16)28-18-13-11-17(12-14-18)24-22(26)19-9-5-6-10-20(19)23(24)27/h2-4,7-8,11-15,19-20H,5-6,9-10H2,1H3/t15-,19-,20-/m0/s1. The molecular formula is C23H23NO4. The number of benzene rings is 2. The molecular weight excluding hydrogens is 354 g/mol. The van der Waals surface area contributed by atoms with E-state index in [1.54, 1.807) is 43.3 Å². The molecule has 5 heteroatoms. The molecule has 5 nitrogen and oxygen atoms in total. The zero-order valence-electron chi connectivity index (χ0n) is 15.8. The molecule has 2 amide bonds. The van der Waals surface area contributed by atoms with Gasteiger partial charge in [0.05, 0.1) is 17.5 Å². The van der Waals surface area contributed by atoms with Gasteiger partial charge >= 0.3 is 0 Å². The van der Waals surface area contributed by atoms with E-state index < -0.39 is 6.10 Å². The Labute approximate surface area is 164 Å². The van der Waals surface area contributed by atoms with Gasteiger partial charge in [0.15, 0.2) is 6.10 Å². The summed E-state index contributed by atoms with van der Waals surface area (Å²) in [5, 5.41) is 0. The molecule has 0 radical (unpaired) electrons. The van der Waals surface area contributed by atoms with Crippen LogP contribution in [0.15, 0.2) is 54.6 Å². The average molecular weight is 377 g/mol. The lowest BCUT2D eigenvalue weighted by molar-refractivity contribution is -0.122.